The van der Waals surface area contributed by atoms with Crippen LogP contribution in [0.5, 0.6) is 0 Å². The standard InChI is InChI=1S/C16H24BNO5/c1-14(2,3)21-13(20)18-9-8-11(10-12(18)19)17-22-15(4,5)16(6,7)23-17/h8-10H,1-7H3. The Morgan fingerprint density at radius 3 is 2.13 bits per heavy atom. The van der Waals surface area contributed by atoms with Gasteiger partial charge in [0.05, 0.1) is 11.2 Å². The second-order valence-electron chi connectivity index (χ2n) is 7.74. The van der Waals surface area contributed by atoms with E-state index in [1.54, 1.807) is 26.8 Å². The summed E-state index contributed by atoms with van der Waals surface area (Å²) in [5, 5.41) is 0. The van der Waals surface area contributed by atoms with Gasteiger partial charge in [-0.15, -0.1) is 0 Å². The third-order valence-electron chi connectivity index (χ3n) is 4.06. The fourth-order valence-electron chi connectivity index (χ4n) is 2.08. The monoisotopic (exact) mass is 321 g/mol. The van der Waals surface area contributed by atoms with Gasteiger partial charge in [-0.3, -0.25) is 4.79 Å². The van der Waals surface area contributed by atoms with E-state index in [2.05, 4.69) is 0 Å². The van der Waals surface area contributed by atoms with Gasteiger partial charge in [0.25, 0.3) is 5.56 Å². The number of ether oxygens (including phenoxy) is 1. The quantitative estimate of drug-likeness (QED) is 0.740. The highest BCUT2D eigenvalue weighted by Crippen LogP contribution is 2.36. The van der Waals surface area contributed by atoms with Crippen molar-refractivity contribution < 1.29 is 18.8 Å². The number of rotatable bonds is 1. The van der Waals surface area contributed by atoms with Crippen LogP contribution in [0, 0.1) is 0 Å². The molecule has 0 saturated carbocycles. The minimum absolute atomic E-state index is 0.480. The third kappa shape index (κ3) is 3.67. The Kier molecular flexibility index (Phi) is 4.24. The summed E-state index contributed by atoms with van der Waals surface area (Å²) in [6.07, 6.45) is 0.680. The average molecular weight is 321 g/mol. The van der Waals surface area contributed by atoms with Crippen LogP contribution < -0.4 is 11.0 Å². The lowest BCUT2D eigenvalue weighted by Gasteiger charge is -2.32. The summed E-state index contributed by atoms with van der Waals surface area (Å²) < 4.78 is 17.9. The first-order chi connectivity index (χ1) is 10.3. The molecule has 0 unspecified atom stereocenters. The molecule has 0 atom stereocenters. The molecule has 1 aliphatic rings. The first-order valence-electron chi connectivity index (χ1n) is 7.64. The number of aromatic nitrogens is 1. The molecule has 0 aromatic carbocycles. The van der Waals surface area contributed by atoms with Crippen LogP contribution in [0.25, 0.3) is 0 Å². The second-order valence-corrected chi connectivity index (χ2v) is 7.74. The molecule has 0 bridgehead atoms. The van der Waals surface area contributed by atoms with Crippen LogP contribution in [-0.4, -0.2) is 34.6 Å². The molecule has 2 heterocycles. The van der Waals surface area contributed by atoms with Gasteiger partial charge < -0.3 is 14.0 Å². The van der Waals surface area contributed by atoms with E-state index in [9.17, 15) is 9.59 Å². The predicted octanol–water partition coefficient (Wildman–Crippen LogP) is 1.93. The Hall–Kier alpha value is -1.60. The van der Waals surface area contributed by atoms with Crippen molar-refractivity contribution in [2.45, 2.75) is 65.3 Å². The molecule has 1 aliphatic heterocycles. The lowest BCUT2D eigenvalue weighted by Crippen LogP contribution is -2.41. The Balaban J connectivity index is 2.25. The van der Waals surface area contributed by atoms with Crippen LogP contribution in [-0.2, 0) is 14.0 Å². The molecule has 126 valence electrons. The van der Waals surface area contributed by atoms with E-state index in [0.717, 1.165) is 4.57 Å². The van der Waals surface area contributed by atoms with Gasteiger partial charge in [0.2, 0.25) is 0 Å². The average Bonchev–Trinajstić information content (AvgIpc) is 2.56. The van der Waals surface area contributed by atoms with E-state index >= 15 is 0 Å². The molecule has 6 nitrogen and oxygen atoms in total. The Bertz CT molecular complexity index is 656. The van der Waals surface area contributed by atoms with Crippen molar-refractivity contribution in [3.8, 4) is 0 Å². The first-order valence-corrected chi connectivity index (χ1v) is 7.64. The van der Waals surface area contributed by atoms with Crippen LogP contribution in [0.15, 0.2) is 23.1 Å². The van der Waals surface area contributed by atoms with E-state index in [1.807, 2.05) is 27.7 Å². The lowest BCUT2D eigenvalue weighted by atomic mass is 9.80. The summed E-state index contributed by atoms with van der Waals surface area (Å²) in [6, 6.07) is 2.97. The summed E-state index contributed by atoms with van der Waals surface area (Å²) in [4.78, 5) is 24.2. The number of nitrogens with zero attached hydrogens (tertiary/aromatic N) is 1. The van der Waals surface area contributed by atoms with Crippen LogP contribution in [0.3, 0.4) is 0 Å². The number of hydrogen-bond donors (Lipinski definition) is 0. The van der Waals surface area contributed by atoms with Gasteiger partial charge in [0.15, 0.2) is 0 Å². The highest BCUT2D eigenvalue weighted by atomic mass is 16.7. The first kappa shape index (κ1) is 17.8. The van der Waals surface area contributed by atoms with Crippen LogP contribution in [0.2, 0.25) is 0 Å². The molecule has 1 aromatic heterocycles. The molecule has 1 saturated heterocycles. The summed E-state index contributed by atoms with van der Waals surface area (Å²) in [5.41, 5.74) is -1.55. The van der Waals surface area contributed by atoms with Gasteiger partial charge in [0.1, 0.15) is 5.60 Å². The minimum Gasteiger partial charge on any atom is -0.443 e. The number of carbonyl (C=O) groups excluding carboxylic acids is 1. The van der Waals surface area contributed by atoms with Crippen molar-refractivity contribution in [1.29, 1.82) is 0 Å². The smallest absolute Gasteiger partial charge is 0.443 e. The highest BCUT2D eigenvalue weighted by Gasteiger charge is 2.51. The molecule has 0 N–H and O–H groups in total. The summed E-state index contributed by atoms with van der Waals surface area (Å²) in [5.74, 6) is 0. The van der Waals surface area contributed by atoms with Gasteiger partial charge in [0, 0.05) is 12.3 Å². The van der Waals surface area contributed by atoms with Crippen molar-refractivity contribution in [1.82, 2.24) is 4.57 Å². The molecule has 1 fully saturated rings. The zero-order chi connectivity index (χ0) is 17.6. The molecule has 0 amide bonds. The maximum Gasteiger partial charge on any atom is 0.495 e. The predicted molar refractivity (Wildman–Crippen MR) is 88.1 cm³/mol. The number of pyridine rings is 1. The van der Waals surface area contributed by atoms with E-state index in [0.29, 0.717) is 5.46 Å². The van der Waals surface area contributed by atoms with E-state index in [4.69, 9.17) is 14.0 Å². The van der Waals surface area contributed by atoms with Crippen LogP contribution in [0.1, 0.15) is 48.5 Å². The van der Waals surface area contributed by atoms with Gasteiger partial charge >= 0.3 is 13.2 Å². The van der Waals surface area contributed by atoms with E-state index in [-0.39, 0.29) is 0 Å². The molecule has 23 heavy (non-hydrogen) atoms. The Morgan fingerprint density at radius 1 is 1.17 bits per heavy atom. The summed E-state index contributed by atoms with van der Waals surface area (Å²) >= 11 is 0. The molecular formula is C16H24BNO5. The Labute approximate surface area is 136 Å². The third-order valence-corrected chi connectivity index (χ3v) is 4.06. The maximum absolute atomic E-state index is 12.2. The second kappa shape index (κ2) is 5.49. The number of hydrogen-bond acceptors (Lipinski definition) is 5. The van der Waals surface area contributed by atoms with Crippen LogP contribution in [0.4, 0.5) is 4.79 Å². The van der Waals surface area contributed by atoms with E-state index in [1.165, 1.54) is 12.3 Å². The maximum atomic E-state index is 12.2. The van der Waals surface area contributed by atoms with Crippen molar-refractivity contribution in [3.05, 3.63) is 28.7 Å². The molecule has 1 aromatic rings. The van der Waals surface area contributed by atoms with Crippen molar-refractivity contribution >= 4 is 18.7 Å². The van der Waals surface area contributed by atoms with E-state index < -0.39 is 35.6 Å². The largest absolute Gasteiger partial charge is 0.495 e. The zero-order valence-corrected chi connectivity index (χ0v) is 14.8. The lowest BCUT2D eigenvalue weighted by molar-refractivity contribution is 0.00578. The molecule has 7 heteroatoms. The van der Waals surface area contributed by atoms with Crippen molar-refractivity contribution in [2.24, 2.45) is 0 Å². The molecule has 2 rings (SSSR count). The van der Waals surface area contributed by atoms with Gasteiger partial charge in [-0.25, -0.2) is 9.36 Å². The SMILES string of the molecule is CC(C)(C)OC(=O)n1ccc(B2OC(C)(C)C(C)(C)O2)cc1=O. The van der Waals surface area contributed by atoms with Gasteiger partial charge in [-0.05, 0) is 60.0 Å². The highest BCUT2D eigenvalue weighted by molar-refractivity contribution is 6.62. The fraction of sp³-hybridized carbons (Fsp3) is 0.625. The topological polar surface area (TPSA) is 66.8 Å². The van der Waals surface area contributed by atoms with Gasteiger partial charge in [-0.2, -0.15) is 0 Å². The zero-order valence-electron chi connectivity index (χ0n) is 14.8. The van der Waals surface area contributed by atoms with Gasteiger partial charge in [-0.1, -0.05) is 0 Å². The van der Waals surface area contributed by atoms with Crippen LogP contribution >= 0.6 is 0 Å². The van der Waals surface area contributed by atoms with Crippen molar-refractivity contribution in [2.75, 3.05) is 0 Å². The Morgan fingerprint density at radius 2 is 1.70 bits per heavy atom. The molecule has 0 aliphatic carbocycles. The summed E-state index contributed by atoms with van der Waals surface area (Å²) in [6.45, 7) is 13.0. The molecular weight excluding hydrogens is 297 g/mol. The number of carbonyl (C=O) groups is 1. The van der Waals surface area contributed by atoms with Crippen molar-refractivity contribution in [3.63, 3.8) is 0 Å². The normalized spacial score (nSPS) is 19.7. The summed E-state index contributed by atoms with van der Waals surface area (Å²) in [7, 11) is -0.638. The minimum atomic E-state index is -0.706. The fourth-order valence-corrected chi connectivity index (χ4v) is 2.08. The molecule has 0 spiro atoms. The molecule has 0 radical (unpaired) electrons.